The molecular formula is C11H20N2O2. The van der Waals surface area contributed by atoms with Crippen molar-refractivity contribution in [2.24, 2.45) is 0 Å². The lowest BCUT2D eigenvalue weighted by Gasteiger charge is -2.24. The minimum Gasteiger partial charge on any atom is -0.384 e. The second kappa shape index (κ2) is 4.94. The molecule has 4 heteroatoms. The lowest BCUT2D eigenvalue weighted by Crippen LogP contribution is -2.39. The highest BCUT2D eigenvalue weighted by Crippen LogP contribution is 2.20. The van der Waals surface area contributed by atoms with Crippen LogP contribution in [-0.4, -0.2) is 49.7 Å². The highest BCUT2D eigenvalue weighted by atomic mass is 16.5. The quantitative estimate of drug-likeness (QED) is 0.735. The molecule has 0 unspecified atom stereocenters. The van der Waals surface area contributed by atoms with Gasteiger partial charge in [-0.3, -0.25) is 4.79 Å². The summed E-state index contributed by atoms with van der Waals surface area (Å²) in [6, 6.07) is 1.18. The molecule has 15 heavy (non-hydrogen) atoms. The van der Waals surface area contributed by atoms with E-state index in [4.69, 9.17) is 4.74 Å². The molecule has 0 spiro atoms. The number of hydrogen-bond donors (Lipinski definition) is 1. The summed E-state index contributed by atoms with van der Waals surface area (Å²) in [6.45, 7) is 2.34. The molecule has 2 bridgehead atoms. The fourth-order valence-corrected chi connectivity index (χ4v) is 2.52. The summed E-state index contributed by atoms with van der Waals surface area (Å²) in [7, 11) is 1.64. The van der Waals surface area contributed by atoms with Crippen LogP contribution in [-0.2, 0) is 9.53 Å². The molecule has 2 rings (SSSR count). The first-order chi connectivity index (χ1) is 7.29. The first-order valence-corrected chi connectivity index (χ1v) is 5.82. The molecule has 2 saturated heterocycles. The molecule has 1 N–H and O–H groups in total. The molecule has 2 fully saturated rings. The fourth-order valence-electron chi connectivity index (χ4n) is 2.52. The minimum atomic E-state index is 0.242. The number of hydrogen-bond acceptors (Lipinski definition) is 3. The van der Waals surface area contributed by atoms with Crippen molar-refractivity contribution >= 4 is 5.91 Å². The van der Waals surface area contributed by atoms with Gasteiger partial charge in [0.05, 0.1) is 13.0 Å². The van der Waals surface area contributed by atoms with E-state index in [1.807, 2.05) is 4.90 Å². The molecule has 0 aromatic carbocycles. The van der Waals surface area contributed by atoms with Gasteiger partial charge in [-0.15, -0.1) is 0 Å². The van der Waals surface area contributed by atoms with E-state index in [0.29, 0.717) is 25.1 Å². The molecule has 0 saturated carbocycles. The predicted octanol–water partition coefficient (Wildman–Crippen LogP) is 0.376. The maximum Gasteiger partial charge on any atom is 0.224 e. The average Bonchev–Trinajstić information content (AvgIpc) is 2.55. The third-order valence-electron chi connectivity index (χ3n) is 3.40. The Morgan fingerprint density at radius 3 is 3.00 bits per heavy atom. The van der Waals surface area contributed by atoms with E-state index in [-0.39, 0.29) is 5.91 Å². The lowest BCUT2D eigenvalue weighted by molar-refractivity contribution is -0.132. The second-order valence-corrected chi connectivity index (χ2v) is 4.51. The van der Waals surface area contributed by atoms with Crippen LogP contribution in [0.3, 0.4) is 0 Å². The Morgan fingerprint density at radius 2 is 2.20 bits per heavy atom. The summed E-state index contributed by atoms with van der Waals surface area (Å²) in [5, 5.41) is 3.57. The van der Waals surface area contributed by atoms with Gasteiger partial charge in [-0.25, -0.2) is 0 Å². The van der Waals surface area contributed by atoms with Crippen LogP contribution in [0, 0.1) is 0 Å². The third-order valence-corrected chi connectivity index (χ3v) is 3.40. The normalized spacial score (nSPS) is 30.3. The zero-order valence-corrected chi connectivity index (χ0v) is 9.37. The van der Waals surface area contributed by atoms with Gasteiger partial charge in [0.2, 0.25) is 5.91 Å². The molecule has 1 amide bonds. The lowest BCUT2D eigenvalue weighted by atomic mass is 10.1. The van der Waals surface area contributed by atoms with Gasteiger partial charge in [0.15, 0.2) is 0 Å². The van der Waals surface area contributed by atoms with Gasteiger partial charge in [-0.2, -0.15) is 0 Å². The monoisotopic (exact) mass is 212 g/mol. The molecule has 2 aliphatic rings. The van der Waals surface area contributed by atoms with Crippen LogP contribution in [0.5, 0.6) is 0 Å². The van der Waals surface area contributed by atoms with Gasteiger partial charge < -0.3 is 15.0 Å². The van der Waals surface area contributed by atoms with Crippen LogP contribution in [0.15, 0.2) is 0 Å². The number of likely N-dealkylation sites (tertiary alicyclic amines) is 1. The molecule has 2 atom stereocenters. The zero-order valence-electron chi connectivity index (χ0n) is 9.37. The van der Waals surface area contributed by atoms with Crippen LogP contribution in [0.1, 0.15) is 25.7 Å². The highest BCUT2D eigenvalue weighted by Gasteiger charge is 2.30. The van der Waals surface area contributed by atoms with Gasteiger partial charge in [0.1, 0.15) is 0 Å². The van der Waals surface area contributed by atoms with Crippen LogP contribution < -0.4 is 5.32 Å². The van der Waals surface area contributed by atoms with Crippen LogP contribution >= 0.6 is 0 Å². The number of carbonyl (C=O) groups is 1. The van der Waals surface area contributed by atoms with Crippen LogP contribution in [0.2, 0.25) is 0 Å². The average molecular weight is 212 g/mol. The Hall–Kier alpha value is -0.610. The Kier molecular flexibility index (Phi) is 3.59. The van der Waals surface area contributed by atoms with Crippen molar-refractivity contribution in [3.05, 3.63) is 0 Å². The van der Waals surface area contributed by atoms with E-state index in [1.54, 1.807) is 7.11 Å². The number of fused-ring (bicyclic) bond motifs is 2. The van der Waals surface area contributed by atoms with E-state index in [0.717, 1.165) is 19.5 Å². The highest BCUT2D eigenvalue weighted by molar-refractivity contribution is 5.76. The van der Waals surface area contributed by atoms with Crippen molar-refractivity contribution < 1.29 is 9.53 Å². The largest absolute Gasteiger partial charge is 0.384 e. The number of nitrogens with zero attached hydrogens (tertiary/aromatic N) is 1. The van der Waals surface area contributed by atoms with Crippen LogP contribution in [0.25, 0.3) is 0 Å². The minimum absolute atomic E-state index is 0.242. The first-order valence-electron chi connectivity index (χ1n) is 5.82. The maximum absolute atomic E-state index is 11.8. The molecule has 2 heterocycles. The van der Waals surface area contributed by atoms with Crippen molar-refractivity contribution in [2.75, 3.05) is 26.8 Å². The van der Waals surface area contributed by atoms with E-state index < -0.39 is 0 Å². The van der Waals surface area contributed by atoms with Crippen molar-refractivity contribution in [2.45, 2.75) is 37.8 Å². The summed E-state index contributed by atoms with van der Waals surface area (Å²) >= 11 is 0. The van der Waals surface area contributed by atoms with Crippen LogP contribution in [0.4, 0.5) is 0 Å². The van der Waals surface area contributed by atoms with E-state index in [9.17, 15) is 4.79 Å². The summed E-state index contributed by atoms with van der Waals surface area (Å²) < 4.78 is 4.93. The Balaban J connectivity index is 1.84. The Bertz CT molecular complexity index is 233. The SMILES string of the molecule is COCCC(=O)N1CC[C@H]2CC[C@@H](C1)N2. The Labute approximate surface area is 91.0 Å². The summed E-state index contributed by atoms with van der Waals surface area (Å²) in [5.41, 5.74) is 0. The molecule has 0 aliphatic carbocycles. The van der Waals surface area contributed by atoms with Crippen molar-refractivity contribution in [3.63, 3.8) is 0 Å². The number of rotatable bonds is 3. The number of carbonyl (C=O) groups excluding carboxylic acids is 1. The number of ether oxygens (including phenoxy) is 1. The third kappa shape index (κ3) is 2.69. The first kappa shape index (κ1) is 10.9. The van der Waals surface area contributed by atoms with Gasteiger partial charge in [0.25, 0.3) is 0 Å². The van der Waals surface area contributed by atoms with Gasteiger partial charge >= 0.3 is 0 Å². The van der Waals surface area contributed by atoms with Crippen molar-refractivity contribution in [3.8, 4) is 0 Å². The van der Waals surface area contributed by atoms with Crippen molar-refractivity contribution in [1.82, 2.24) is 10.2 Å². The molecule has 4 nitrogen and oxygen atoms in total. The number of amides is 1. The maximum atomic E-state index is 11.8. The van der Waals surface area contributed by atoms with E-state index in [1.165, 1.54) is 12.8 Å². The van der Waals surface area contributed by atoms with Gasteiger partial charge in [-0.1, -0.05) is 0 Å². The molecule has 0 radical (unpaired) electrons. The number of methoxy groups -OCH3 is 1. The van der Waals surface area contributed by atoms with Gasteiger partial charge in [-0.05, 0) is 19.3 Å². The zero-order chi connectivity index (χ0) is 10.7. The second-order valence-electron chi connectivity index (χ2n) is 4.51. The fraction of sp³-hybridized carbons (Fsp3) is 0.909. The van der Waals surface area contributed by atoms with Crippen molar-refractivity contribution in [1.29, 1.82) is 0 Å². The standard InChI is InChI=1S/C11H20N2O2/c1-15-7-5-11(14)13-6-4-9-2-3-10(8-13)12-9/h9-10,12H,2-8H2,1H3/t9-,10+/m1/s1. The molecule has 2 aliphatic heterocycles. The predicted molar refractivity (Wildman–Crippen MR) is 57.6 cm³/mol. The topological polar surface area (TPSA) is 41.6 Å². The smallest absolute Gasteiger partial charge is 0.224 e. The Morgan fingerprint density at radius 1 is 1.40 bits per heavy atom. The van der Waals surface area contributed by atoms with Gasteiger partial charge in [0, 0.05) is 32.3 Å². The molecular weight excluding hydrogens is 192 g/mol. The molecule has 0 aromatic rings. The number of nitrogens with one attached hydrogen (secondary N) is 1. The molecule has 86 valence electrons. The van der Waals surface area contributed by atoms with E-state index in [2.05, 4.69) is 5.32 Å². The summed E-state index contributed by atoms with van der Waals surface area (Å²) in [4.78, 5) is 13.8. The molecule has 0 aromatic heterocycles. The summed E-state index contributed by atoms with van der Waals surface area (Å²) in [6.07, 6.45) is 4.13. The summed E-state index contributed by atoms with van der Waals surface area (Å²) in [5.74, 6) is 0.242. The van der Waals surface area contributed by atoms with E-state index >= 15 is 0 Å².